The number of aromatic nitrogens is 1. The van der Waals surface area contributed by atoms with Crippen molar-refractivity contribution in [1.29, 1.82) is 0 Å². The fourth-order valence-electron chi connectivity index (χ4n) is 4.10. The largest absolute Gasteiger partial charge is 0.504 e. The molecule has 4 rings (SSSR count). The van der Waals surface area contributed by atoms with E-state index in [4.69, 9.17) is 14.2 Å². The second kappa shape index (κ2) is 11.4. The Bertz CT molecular complexity index is 1540. The van der Waals surface area contributed by atoms with Crippen LogP contribution < -0.4 is 24.4 Å². The van der Waals surface area contributed by atoms with Crippen molar-refractivity contribution in [1.82, 2.24) is 4.57 Å². The average molecular weight is 587 g/mol. The first kappa shape index (κ1) is 26.7. The standard InChI is InChI=1S/C27H27BrN2O6S/c1-5-34-18-10-8-16(9-11-18)24-23(26(33)36-7-3)15(4)29-27-30(24)25(32)22(37-27)13-17-12-21(35-6-2)20(31)14-19(17)28/h8-14,24,31H,5-7H2,1-4H3/t24-/m0/s1. The molecule has 1 atom stereocenters. The van der Waals surface area contributed by atoms with Gasteiger partial charge in [-0.05, 0) is 69.2 Å². The molecule has 1 aliphatic heterocycles. The number of phenols is 1. The molecule has 0 fully saturated rings. The molecule has 8 nitrogen and oxygen atoms in total. The van der Waals surface area contributed by atoms with E-state index in [1.807, 2.05) is 38.1 Å². The lowest BCUT2D eigenvalue weighted by atomic mass is 9.96. The molecule has 2 heterocycles. The lowest BCUT2D eigenvalue weighted by molar-refractivity contribution is -0.139. The van der Waals surface area contributed by atoms with Crippen LogP contribution in [0.2, 0.25) is 0 Å². The number of allylic oxidation sites excluding steroid dienone is 1. The first-order chi connectivity index (χ1) is 17.8. The third-order valence-corrected chi connectivity index (χ3v) is 7.36. The number of fused-ring (bicyclic) bond motifs is 1. The maximum Gasteiger partial charge on any atom is 0.338 e. The number of hydrogen-bond acceptors (Lipinski definition) is 8. The van der Waals surface area contributed by atoms with Gasteiger partial charge in [-0.2, -0.15) is 0 Å². The molecule has 0 spiro atoms. The van der Waals surface area contributed by atoms with E-state index in [1.54, 1.807) is 26.0 Å². The van der Waals surface area contributed by atoms with Gasteiger partial charge in [-0.25, -0.2) is 9.79 Å². The number of esters is 1. The quantitative estimate of drug-likeness (QED) is 0.399. The minimum Gasteiger partial charge on any atom is -0.504 e. The predicted octanol–water partition coefficient (Wildman–Crippen LogP) is 4.06. The molecule has 37 heavy (non-hydrogen) atoms. The molecule has 1 aliphatic rings. The summed E-state index contributed by atoms with van der Waals surface area (Å²) in [6.07, 6.45) is 1.72. The lowest BCUT2D eigenvalue weighted by Gasteiger charge is -2.24. The smallest absolute Gasteiger partial charge is 0.338 e. The number of carbonyl (C=O) groups excluding carboxylic acids is 1. The highest BCUT2D eigenvalue weighted by atomic mass is 79.9. The van der Waals surface area contributed by atoms with E-state index in [1.165, 1.54) is 22.0 Å². The Kier molecular flexibility index (Phi) is 8.19. The van der Waals surface area contributed by atoms with Crippen LogP contribution >= 0.6 is 27.3 Å². The van der Waals surface area contributed by atoms with Gasteiger partial charge in [0.05, 0.1) is 41.7 Å². The number of benzene rings is 2. The zero-order valence-electron chi connectivity index (χ0n) is 20.9. The maximum absolute atomic E-state index is 13.8. The zero-order valence-corrected chi connectivity index (χ0v) is 23.3. The van der Waals surface area contributed by atoms with Crippen LogP contribution in [-0.4, -0.2) is 35.5 Å². The molecule has 0 bridgehead atoms. The minimum absolute atomic E-state index is 0.00228. The Morgan fingerprint density at radius 3 is 2.49 bits per heavy atom. The number of rotatable bonds is 8. The number of phenolic OH excluding ortho intramolecular Hbond substituents is 1. The SMILES string of the molecule is CCOC(=O)C1=C(C)N=c2sc(=Cc3cc(OCC)c(O)cc3Br)c(=O)n2[C@H]1c1ccc(OCC)cc1. The number of ether oxygens (including phenoxy) is 3. The van der Waals surface area contributed by atoms with E-state index in [9.17, 15) is 14.7 Å². The first-order valence-corrected chi connectivity index (χ1v) is 13.5. The monoisotopic (exact) mass is 586 g/mol. The Hall–Kier alpha value is -3.37. The third-order valence-electron chi connectivity index (χ3n) is 5.69. The van der Waals surface area contributed by atoms with Crippen LogP contribution in [-0.2, 0) is 9.53 Å². The van der Waals surface area contributed by atoms with E-state index >= 15 is 0 Å². The average Bonchev–Trinajstić information content (AvgIpc) is 3.16. The van der Waals surface area contributed by atoms with E-state index in [-0.39, 0.29) is 17.9 Å². The fourth-order valence-corrected chi connectivity index (χ4v) is 5.58. The first-order valence-electron chi connectivity index (χ1n) is 11.9. The highest BCUT2D eigenvalue weighted by Crippen LogP contribution is 2.34. The van der Waals surface area contributed by atoms with Gasteiger partial charge >= 0.3 is 5.97 Å². The van der Waals surface area contributed by atoms with Crippen molar-refractivity contribution in [3.63, 3.8) is 0 Å². The molecule has 0 unspecified atom stereocenters. The summed E-state index contributed by atoms with van der Waals surface area (Å²) < 4.78 is 19.0. The fraction of sp³-hybridized carbons (Fsp3) is 0.296. The van der Waals surface area contributed by atoms with Gasteiger partial charge in [0.15, 0.2) is 16.3 Å². The van der Waals surface area contributed by atoms with Crippen molar-refractivity contribution in [2.24, 2.45) is 4.99 Å². The van der Waals surface area contributed by atoms with Crippen molar-refractivity contribution < 1.29 is 24.1 Å². The molecule has 10 heteroatoms. The molecule has 1 N–H and O–H groups in total. The Morgan fingerprint density at radius 2 is 1.84 bits per heavy atom. The van der Waals surface area contributed by atoms with Crippen LogP contribution in [0.1, 0.15) is 44.9 Å². The Balaban J connectivity index is 1.92. The minimum atomic E-state index is -0.713. The molecule has 2 aromatic carbocycles. The normalized spacial score (nSPS) is 15.3. The van der Waals surface area contributed by atoms with E-state index in [2.05, 4.69) is 20.9 Å². The summed E-state index contributed by atoms with van der Waals surface area (Å²) in [7, 11) is 0. The number of thiazole rings is 1. The molecule has 0 saturated carbocycles. The summed E-state index contributed by atoms with van der Waals surface area (Å²) in [5.74, 6) is 0.494. The Labute approximate surface area is 226 Å². The second-order valence-corrected chi connectivity index (χ2v) is 9.94. The molecule has 0 amide bonds. The van der Waals surface area contributed by atoms with Crippen LogP contribution in [0.5, 0.6) is 17.2 Å². The van der Waals surface area contributed by atoms with Gasteiger partial charge in [0.25, 0.3) is 5.56 Å². The molecule has 0 radical (unpaired) electrons. The van der Waals surface area contributed by atoms with Gasteiger partial charge in [-0.1, -0.05) is 39.4 Å². The number of nitrogens with zero attached hydrogens (tertiary/aromatic N) is 2. The summed E-state index contributed by atoms with van der Waals surface area (Å²) in [6.45, 7) is 8.32. The van der Waals surface area contributed by atoms with Gasteiger partial charge in [0.2, 0.25) is 0 Å². The van der Waals surface area contributed by atoms with Crippen molar-refractivity contribution in [3.05, 3.63) is 83.0 Å². The maximum atomic E-state index is 13.8. The highest BCUT2D eigenvalue weighted by Gasteiger charge is 2.33. The summed E-state index contributed by atoms with van der Waals surface area (Å²) in [5.41, 5.74) is 1.90. The molecule has 0 saturated heterocycles. The van der Waals surface area contributed by atoms with Crippen LogP contribution in [0.15, 0.2) is 61.9 Å². The topological polar surface area (TPSA) is 99.4 Å². The number of aromatic hydroxyl groups is 1. The van der Waals surface area contributed by atoms with Gasteiger partial charge < -0.3 is 19.3 Å². The van der Waals surface area contributed by atoms with Gasteiger partial charge in [0.1, 0.15) is 5.75 Å². The van der Waals surface area contributed by atoms with Crippen LogP contribution in [0, 0.1) is 0 Å². The summed E-state index contributed by atoms with van der Waals surface area (Å²) in [4.78, 5) is 31.9. The molecular weight excluding hydrogens is 560 g/mol. The van der Waals surface area contributed by atoms with E-state index in [0.717, 1.165) is 5.56 Å². The number of hydrogen-bond donors (Lipinski definition) is 1. The lowest BCUT2D eigenvalue weighted by Crippen LogP contribution is -2.39. The predicted molar refractivity (Wildman–Crippen MR) is 145 cm³/mol. The molecular formula is C27H27BrN2O6S. The van der Waals surface area contributed by atoms with Crippen molar-refractivity contribution in [2.75, 3.05) is 19.8 Å². The molecule has 3 aromatic rings. The summed E-state index contributed by atoms with van der Waals surface area (Å²) >= 11 is 4.68. The van der Waals surface area contributed by atoms with Crippen LogP contribution in [0.3, 0.4) is 0 Å². The number of halogens is 1. The highest BCUT2D eigenvalue weighted by molar-refractivity contribution is 9.10. The van der Waals surface area contributed by atoms with E-state index < -0.39 is 12.0 Å². The van der Waals surface area contributed by atoms with Crippen LogP contribution in [0.4, 0.5) is 0 Å². The number of carbonyl (C=O) groups is 1. The Morgan fingerprint density at radius 1 is 1.14 bits per heavy atom. The second-order valence-electron chi connectivity index (χ2n) is 8.08. The van der Waals surface area contributed by atoms with Gasteiger partial charge in [-0.15, -0.1) is 0 Å². The van der Waals surface area contributed by atoms with E-state index in [0.29, 0.717) is 55.4 Å². The summed E-state index contributed by atoms with van der Waals surface area (Å²) in [5, 5.41) is 10.2. The third kappa shape index (κ3) is 5.35. The zero-order chi connectivity index (χ0) is 26.7. The van der Waals surface area contributed by atoms with Crippen molar-refractivity contribution in [2.45, 2.75) is 33.7 Å². The van der Waals surface area contributed by atoms with Gasteiger partial charge in [0, 0.05) is 4.47 Å². The summed E-state index contributed by atoms with van der Waals surface area (Å²) in [6, 6.07) is 9.80. The van der Waals surface area contributed by atoms with Crippen molar-refractivity contribution in [3.8, 4) is 17.2 Å². The molecule has 194 valence electrons. The molecule has 0 aliphatic carbocycles. The van der Waals surface area contributed by atoms with Crippen molar-refractivity contribution >= 4 is 39.3 Å². The molecule has 1 aromatic heterocycles. The van der Waals surface area contributed by atoms with Crippen LogP contribution in [0.25, 0.3) is 6.08 Å². The van der Waals surface area contributed by atoms with Gasteiger partial charge in [-0.3, -0.25) is 9.36 Å².